The molecule has 1 amide bonds. The second-order valence-electron chi connectivity index (χ2n) is 17.9. The van der Waals surface area contributed by atoms with Gasteiger partial charge in [-0.15, -0.1) is 0 Å². The second kappa shape index (κ2) is 40.4. The van der Waals surface area contributed by atoms with Gasteiger partial charge in [0.05, 0.1) is 25.4 Å². The molecule has 1 saturated heterocycles. The number of aliphatic hydroxyl groups is 5. The number of rotatable bonds is 43. The van der Waals surface area contributed by atoms with Gasteiger partial charge < -0.3 is 40.3 Å². The van der Waals surface area contributed by atoms with Crippen LogP contribution < -0.4 is 5.32 Å². The molecule has 0 aliphatic carbocycles. The molecule has 0 aromatic carbocycles. The van der Waals surface area contributed by atoms with Crippen molar-refractivity contribution >= 4 is 16.3 Å². The summed E-state index contributed by atoms with van der Waals surface area (Å²) in [6, 6.07) is -1.14. The first-order chi connectivity index (χ1) is 30.9. The topological polar surface area (TPSA) is 212 Å². The molecule has 8 unspecified atom stereocenters. The van der Waals surface area contributed by atoms with Crippen LogP contribution in [0.1, 0.15) is 213 Å². The summed E-state index contributed by atoms with van der Waals surface area (Å²) in [5.41, 5.74) is 0. The summed E-state index contributed by atoms with van der Waals surface area (Å²) in [5.74, 6) is -0.715. The minimum Gasteiger partial charge on any atom is -0.394 e. The zero-order valence-electron chi connectivity index (χ0n) is 40.0. The number of hydrogen-bond donors (Lipinski definition) is 7. The third-order valence-corrected chi connectivity index (χ3v) is 12.5. The molecule has 0 aromatic heterocycles. The van der Waals surface area contributed by atoms with E-state index in [1.807, 2.05) is 0 Å². The summed E-state index contributed by atoms with van der Waals surface area (Å²) in [4.78, 5) is 13.1. The van der Waals surface area contributed by atoms with Gasteiger partial charge in [0.25, 0.3) is 0 Å². The van der Waals surface area contributed by atoms with Crippen LogP contribution >= 0.6 is 0 Å². The van der Waals surface area contributed by atoms with Crippen LogP contribution in [0.2, 0.25) is 0 Å². The Labute approximate surface area is 388 Å². The van der Waals surface area contributed by atoms with Crippen molar-refractivity contribution in [3.05, 3.63) is 36.5 Å². The van der Waals surface area contributed by atoms with Gasteiger partial charge in [0, 0.05) is 0 Å². The van der Waals surface area contributed by atoms with E-state index >= 15 is 0 Å². The average molecular weight is 932 g/mol. The summed E-state index contributed by atoms with van der Waals surface area (Å²) < 4.78 is 47.5. The van der Waals surface area contributed by atoms with Gasteiger partial charge in [-0.05, 0) is 44.9 Å². The van der Waals surface area contributed by atoms with Crippen molar-refractivity contribution in [1.29, 1.82) is 0 Å². The number of hydrogen-bond acceptors (Lipinski definition) is 11. The third kappa shape index (κ3) is 32.1. The molecule has 376 valence electrons. The maximum Gasteiger partial charge on any atom is 0.397 e. The fourth-order valence-corrected chi connectivity index (χ4v) is 8.47. The summed E-state index contributed by atoms with van der Waals surface area (Å²) in [7, 11) is -5.12. The Morgan fingerprint density at radius 3 is 1.50 bits per heavy atom. The Morgan fingerprint density at radius 1 is 0.625 bits per heavy atom. The molecule has 8 atom stereocenters. The fraction of sp³-hybridized carbons (Fsp3) is 0.860. The molecule has 1 aliphatic heterocycles. The number of aliphatic hydroxyl groups excluding tert-OH is 5. The van der Waals surface area contributed by atoms with E-state index in [4.69, 9.17) is 9.47 Å². The smallest absolute Gasteiger partial charge is 0.394 e. The van der Waals surface area contributed by atoms with Crippen LogP contribution in [0.3, 0.4) is 0 Å². The van der Waals surface area contributed by atoms with Crippen molar-refractivity contribution in [3.8, 4) is 0 Å². The number of allylic oxidation sites excluding steroid dienone is 5. The Morgan fingerprint density at radius 2 is 1.05 bits per heavy atom. The van der Waals surface area contributed by atoms with Crippen LogP contribution in [0.25, 0.3) is 0 Å². The number of ether oxygens (including phenoxy) is 2. The van der Waals surface area contributed by atoms with E-state index in [0.29, 0.717) is 12.8 Å². The van der Waals surface area contributed by atoms with E-state index in [1.54, 1.807) is 6.08 Å². The number of nitrogens with one attached hydrogen (secondary N) is 1. The molecule has 7 N–H and O–H groups in total. The van der Waals surface area contributed by atoms with Crippen molar-refractivity contribution in [2.45, 2.75) is 262 Å². The van der Waals surface area contributed by atoms with Gasteiger partial charge in [0.1, 0.15) is 30.5 Å². The van der Waals surface area contributed by atoms with Gasteiger partial charge in [0.15, 0.2) is 6.29 Å². The van der Waals surface area contributed by atoms with Crippen LogP contribution in [0.5, 0.6) is 0 Å². The van der Waals surface area contributed by atoms with E-state index in [0.717, 1.165) is 44.9 Å². The molecule has 0 radical (unpaired) electrons. The number of unbranched alkanes of at least 4 members (excludes halogenated alkanes) is 26. The highest BCUT2D eigenvalue weighted by Gasteiger charge is 2.48. The Kier molecular flexibility index (Phi) is 38.0. The monoisotopic (exact) mass is 932 g/mol. The highest BCUT2D eigenvalue weighted by molar-refractivity contribution is 7.80. The Balaban J connectivity index is 2.47. The fourth-order valence-electron chi connectivity index (χ4n) is 7.96. The number of amides is 1. The lowest BCUT2D eigenvalue weighted by Gasteiger charge is -2.41. The molecule has 0 saturated carbocycles. The maximum atomic E-state index is 13.1. The molecule has 0 aromatic rings. The molecule has 1 heterocycles. The van der Waals surface area contributed by atoms with Gasteiger partial charge in [-0.3, -0.25) is 9.35 Å². The first kappa shape index (κ1) is 60.3. The summed E-state index contributed by atoms with van der Waals surface area (Å²) in [5, 5.41) is 55.2. The largest absolute Gasteiger partial charge is 0.397 e. The standard InChI is InChI=1S/C50H93NO12S/c1-3-5-7-9-11-13-15-17-18-19-20-21-22-23-24-25-27-29-31-33-35-37-39-44(54)49(57)51-42(43(53)38-36-34-32-30-28-26-16-14-12-10-8-6-4-2)41-61-50-47(56)48(63-64(58,59)60)46(55)45(40-52)62-50/h12,14,28,30,36,38,42-48,50,52-56H,3-11,13,15-27,29,31-35,37,39-41H2,1-2H3,(H,51,57)(H,58,59,60)/b14-12+,30-28+,38-36+. The summed E-state index contributed by atoms with van der Waals surface area (Å²) in [6.07, 6.45) is 36.7. The SMILES string of the molecule is CCCCC/C=C/CC/C=C/CC/C=C/C(O)C(COC1OC(CO)C(O)C(OS(=O)(=O)O)C1O)NC(=O)C(O)CCCCCCCCCCCCCCCCCCCCCCCC. The minimum absolute atomic E-state index is 0.237. The molecular weight excluding hydrogens is 839 g/mol. The van der Waals surface area contributed by atoms with Crippen LogP contribution in [0.4, 0.5) is 0 Å². The molecular formula is C50H93NO12S. The lowest BCUT2D eigenvalue weighted by atomic mass is 9.99. The van der Waals surface area contributed by atoms with E-state index in [2.05, 4.69) is 47.7 Å². The van der Waals surface area contributed by atoms with Crippen molar-refractivity contribution in [2.24, 2.45) is 0 Å². The molecule has 14 heteroatoms. The minimum atomic E-state index is -5.12. The van der Waals surface area contributed by atoms with Crippen molar-refractivity contribution in [2.75, 3.05) is 13.2 Å². The van der Waals surface area contributed by atoms with Gasteiger partial charge in [-0.2, -0.15) is 8.42 Å². The highest BCUT2D eigenvalue weighted by Crippen LogP contribution is 2.26. The third-order valence-electron chi connectivity index (χ3n) is 12.0. The normalized spacial score (nSPS) is 21.0. The second-order valence-corrected chi connectivity index (χ2v) is 18.9. The molecule has 1 rings (SSSR count). The highest BCUT2D eigenvalue weighted by atomic mass is 32.3. The zero-order valence-corrected chi connectivity index (χ0v) is 40.8. The molecule has 64 heavy (non-hydrogen) atoms. The van der Waals surface area contributed by atoms with E-state index in [-0.39, 0.29) is 6.42 Å². The van der Waals surface area contributed by atoms with Crippen molar-refractivity contribution in [1.82, 2.24) is 5.32 Å². The van der Waals surface area contributed by atoms with Gasteiger partial charge in [0.2, 0.25) is 5.91 Å². The maximum absolute atomic E-state index is 13.1. The first-order valence-electron chi connectivity index (χ1n) is 25.5. The number of carbonyl (C=O) groups is 1. The number of carbonyl (C=O) groups excluding carboxylic acids is 1. The van der Waals surface area contributed by atoms with Crippen molar-refractivity contribution in [3.63, 3.8) is 0 Å². The van der Waals surface area contributed by atoms with Gasteiger partial charge >= 0.3 is 10.4 Å². The average Bonchev–Trinajstić information content (AvgIpc) is 3.27. The molecule has 0 spiro atoms. The molecule has 0 bridgehead atoms. The van der Waals surface area contributed by atoms with E-state index in [9.17, 15) is 43.3 Å². The Hall–Kier alpha value is -1.72. The van der Waals surface area contributed by atoms with E-state index < -0.39 is 78.5 Å². The van der Waals surface area contributed by atoms with Crippen LogP contribution in [0, 0.1) is 0 Å². The van der Waals surface area contributed by atoms with Crippen LogP contribution in [-0.4, -0.2) is 107 Å². The first-order valence-corrected chi connectivity index (χ1v) is 26.8. The quantitative estimate of drug-likeness (QED) is 0.0173. The zero-order chi connectivity index (χ0) is 47.1. The van der Waals surface area contributed by atoms with E-state index in [1.165, 1.54) is 141 Å². The summed E-state index contributed by atoms with van der Waals surface area (Å²) >= 11 is 0. The van der Waals surface area contributed by atoms with Crippen molar-refractivity contribution < 1.29 is 57.0 Å². The molecule has 13 nitrogen and oxygen atoms in total. The lowest BCUT2D eigenvalue weighted by molar-refractivity contribution is -0.298. The summed E-state index contributed by atoms with van der Waals surface area (Å²) in [6.45, 7) is 3.17. The van der Waals surface area contributed by atoms with Crippen LogP contribution in [-0.2, 0) is 28.9 Å². The van der Waals surface area contributed by atoms with Gasteiger partial charge in [-0.1, -0.05) is 204 Å². The lowest BCUT2D eigenvalue weighted by Crippen LogP contribution is -2.61. The van der Waals surface area contributed by atoms with Crippen LogP contribution in [0.15, 0.2) is 36.5 Å². The Bertz CT molecular complexity index is 1300. The predicted molar refractivity (Wildman–Crippen MR) is 256 cm³/mol. The predicted octanol–water partition coefficient (Wildman–Crippen LogP) is 9.64. The molecule has 1 fully saturated rings. The molecule has 1 aliphatic rings. The van der Waals surface area contributed by atoms with Gasteiger partial charge in [-0.25, -0.2) is 4.18 Å².